The third-order valence-corrected chi connectivity index (χ3v) is 4.79. The molecule has 0 saturated carbocycles. The van der Waals surface area contributed by atoms with E-state index in [1.54, 1.807) is 11.8 Å². The van der Waals surface area contributed by atoms with Crippen molar-refractivity contribution in [3.05, 3.63) is 76.3 Å². The molecule has 23 heavy (non-hydrogen) atoms. The summed E-state index contributed by atoms with van der Waals surface area (Å²) < 4.78 is 1.88. The minimum Gasteiger partial charge on any atom is -0.284 e. The molecule has 0 fully saturated rings. The maximum absolute atomic E-state index is 6.26. The van der Waals surface area contributed by atoms with Gasteiger partial charge in [-0.25, -0.2) is 4.68 Å². The SMILES string of the molecule is Clc1ccccc1-c1nnc2n1N/C(=C/Cc1ccccc1)S2. The number of thioether (sulfide) groups is 1. The molecule has 2 heterocycles. The molecule has 2 aromatic carbocycles. The highest BCUT2D eigenvalue weighted by molar-refractivity contribution is 8.03. The van der Waals surface area contributed by atoms with Crippen LogP contribution in [0.15, 0.2) is 70.9 Å². The van der Waals surface area contributed by atoms with Crippen molar-refractivity contribution < 1.29 is 0 Å². The van der Waals surface area contributed by atoms with E-state index in [1.807, 2.05) is 47.1 Å². The second-order valence-corrected chi connectivity index (χ2v) is 6.51. The first-order valence-electron chi connectivity index (χ1n) is 7.20. The first-order chi connectivity index (χ1) is 11.3. The molecule has 0 aliphatic carbocycles. The fourth-order valence-electron chi connectivity index (χ4n) is 2.40. The molecule has 1 aliphatic heterocycles. The van der Waals surface area contributed by atoms with Crippen molar-refractivity contribution >= 4 is 23.4 Å². The molecular weight excluding hydrogens is 328 g/mol. The van der Waals surface area contributed by atoms with Crippen molar-refractivity contribution in [2.24, 2.45) is 0 Å². The monoisotopic (exact) mass is 340 g/mol. The summed E-state index contributed by atoms with van der Waals surface area (Å²) in [7, 11) is 0. The zero-order chi connectivity index (χ0) is 15.6. The van der Waals surface area contributed by atoms with E-state index in [0.717, 1.165) is 28.0 Å². The Hall–Kier alpha value is -2.24. The first-order valence-corrected chi connectivity index (χ1v) is 8.40. The van der Waals surface area contributed by atoms with Crippen LogP contribution in [0.4, 0.5) is 0 Å². The van der Waals surface area contributed by atoms with Crippen LogP contribution < -0.4 is 5.43 Å². The van der Waals surface area contributed by atoms with Gasteiger partial charge in [-0.1, -0.05) is 54.1 Å². The lowest BCUT2D eigenvalue weighted by molar-refractivity contribution is 0.843. The van der Waals surface area contributed by atoms with Crippen LogP contribution in [0.3, 0.4) is 0 Å². The molecule has 0 unspecified atom stereocenters. The van der Waals surface area contributed by atoms with Crippen molar-refractivity contribution in [1.29, 1.82) is 0 Å². The Kier molecular flexibility index (Phi) is 3.81. The van der Waals surface area contributed by atoms with E-state index in [-0.39, 0.29) is 0 Å². The van der Waals surface area contributed by atoms with Crippen LogP contribution in [0.5, 0.6) is 0 Å². The van der Waals surface area contributed by atoms with E-state index in [4.69, 9.17) is 11.6 Å². The normalized spacial score (nSPS) is 14.7. The Labute approximate surface area is 143 Å². The zero-order valence-corrected chi connectivity index (χ0v) is 13.7. The van der Waals surface area contributed by atoms with Crippen molar-refractivity contribution in [1.82, 2.24) is 14.9 Å². The number of rotatable bonds is 3. The molecule has 1 aliphatic rings. The molecule has 4 nitrogen and oxygen atoms in total. The Morgan fingerprint density at radius 3 is 2.65 bits per heavy atom. The van der Waals surface area contributed by atoms with Gasteiger partial charge in [-0.2, -0.15) is 0 Å². The highest BCUT2D eigenvalue weighted by Crippen LogP contribution is 2.35. The molecule has 4 rings (SSSR count). The quantitative estimate of drug-likeness (QED) is 0.770. The number of halogens is 1. The van der Waals surface area contributed by atoms with Crippen LogP contribution in [0, 0.1) is 0 Å². The number of benzene rings is 2. The van der Waals surface area contributed by atoms with Crippen LogP contribution in [0.1, 0.15) is 5.56 Å². The minimum absolute atomic E-state index is 0.663. The molecule has 0 radical (unpaired) electrons. The third-order valence-electron chi connectivity index (χ3n) is 3.54. The largest absolute Gasteiger partial charge is 0.284 e. The molecule has 6 heteroatoms. The van der Waals surface area contributed by atoms with Gasteiger partial charge in [0, 0.05) is 5.56 Å². The van der Waals surface area contributed by atoms with Gasteiger partial charge in [-0.3, -0.25) is 5.43 Å². The Morgan fingerprint density at radius 2 is 1.83 bits per heavy atom. The fraction of sp³-hybridized carbons (Fsp3) is 0.0588. The molecule has 0 spiro atoms. The van der Waals surface area contributed by atoms with Gasteiger partial charge in [0.1, 0.15) is 0 Å². The molecule has 0 amide bonds. The number of fused-ring (bicyclic) bond motifs is 1. The van der Waals surface area contributed by atoms with E-state index < -0.39 is 0 Å². The lowest BCUT2D eigenvalue weighted by Crippen LogP contribution is -2.09. The van der Waals surface area contributed by atoms with E-state index in [9.17, 15) is 0 Å². The van der Waals surface area contributed by atoms with E-state index >= 15 is 0 Å². The van der Waals surface area contributed by atoms with Gasteiger partial charge >= 0.3 is 0 Å². The number of hydrogen-bond acceptors (Lipinski definition) is 4. The maximum atomic E-state index is 6.26. The maximum Gasteiger partial charge on any atom is 0.216 e. The molecule has 1 N–H and O–H groups in total. The van der Waals surface area contributed by atoms with Gasteiger partial charge in [0.05, 0.1) is 10.1 Å². The van der Waals surface area contributed by atoms with Crippen molar-refractivity contribution in [3.8, 4) is 11.4 Å². The van der Waals surface area contributed by atoms with Crippen LogP contribution in [-0.4, -0.2) is 14.9 Å². The second kappa shape index (κ2) is 6.10. The Bertz CT molecular complexity index is 873. The number of nitrogens with zero attached hydrogens (tertiary/aromatic N) is 3. The average molecular weight is 341 g/mol. The zero-order valence-electron chi connectivity index (χ0n) is 12.1. The summed E-state index contributed by atoms with van der Waals surface area (Å²) in [5, 5.41) is 11.0. The van der Waals surface area contributed by atoms with Crippen LogP contribution in [0.25, 0.3) is 11.4 Å². The number of nitrogens with one attached hydrogen (secondary N) is 1. The smallest absolute Gasteiger partial charge is 0.216 e. The molecule has 1 aromatic heterocycles. The molecule has 0 saturated heterocycles. The van der Waals surface area contributed by atoms with Gasteiger partial charge < -0.3 is 0 Å². The van der Waals surface area contributed by atoms with Crippen LogP contribution in [0.2, 0.25) is 5.02 Å². The van der Waals surface area contributed by atoms with Crippen LogP contribution in [-0.2, 0) is 6.42 Å². The lowest BCUT2D eigenvalue weighted by Gasteiger charge is -2.06. The predicted octanol–water partition coefficient (Wildman–Crippen LogP) is 4.33. The highest BCUT2D eigenvalue weighted by Gasteiger charge is 2.23. The Balaban J connectivity index is 1.58. The molecule has 0 atom stereocenters. The fourth-order valence-corrected chi connectivity index (χ4v) is 3.42. The lowest BCUT2D eigenvalue weighted by atomic mass is 10.1. The second-order valence-electron chi connectivity index (χ2n) is 5.09. The van der Waals surface area contributed by atoms with Crippen molar-refractivity contribution in [2.45, 2.75) is 11.6 Å². The molecule has 3 aromatic rings. The summed E-state index contributed by atoms with van der Waals surface area (Å²) in [5.74, 6) is 0.723. The third kappa shape index (κ3) is 2.85. The molecular formula is C17H13ClN4S. The summed E-state index contributed by atoms with van der Waals surface area (Å²) in [5.41, 5.74) is 5.48. The topological polar surface area (TPSA) is 42.7 Å². The Morgan fingerprint density at radius 1 is 1.04 bits per heavy atom. The van der Waals surface area contributed by atoms with E-state index in [1.165, 1.54) is 5.56 Å². The van der Waals surface area contributed by atoms with Gasteiger partial charge in [0.2, 0.25) is 5.16 Å². The minimum atomic E-state index is 0.663. The number of aromatic nitrogens is 3. The van der Waals surface area contributed by atoms with E-state index in [0.29, 0.717) is 5.02 Å². The van der Waals surface area contributed by atoms with Crippen LogP contribution >= 0.6 is 23.4 Å². The van der Waals surface area contributed by atoms with Gasteiger partial charge in [-0.15, -0.1) is 10.2 Å². The van der Waals surface area contributed by atoms with E-state index in [2.05, 4.69) is 33.8 Å². The number of hydrogen-bond donors (Lipinski definition) is 1. The summed E-state index contributed by atoms with van der Waals surface area (Å²) in [4.78, 5) is 0. The van der Waals surface area contributed by atoms with Crippen molar-refractivity contribution in [2.75, 3.05) is 5.43 Å². The van der Waals surface area contributed by atoms with Gasteiger partial charge in [-0.05, 0) is 42.0 Å². The highest BCUT2D eigenvalue weighted by atomic mass is 35.5. The summed E-state index contributed by atoms with van der Waals surface area (Å²) in [6.45, 7) is 0. The first kappa shape index (κ1) is 14.4. The van der Waals surface area contributed by atoms with Gasteiger partial charge in [0.15, 0.2) is 5.82 Å². The summed E-state index contributed by atoms with van der Waals surface area (Å²) in [6.07, 6.45) is 3.03. The standard InChI is InChI=1S/C17H13ClN4S/c18-14-9-5-4-8-13(14)16-19-20-17-22(16)21-15(23-17)11-10-12-6-2-1-3-7-12/h1-9,11,21H,10H2/b15-11-. The predicted molar refractivity (Wildman–Crippen MR) is 93.9 cm³/mol. The molecule has 0 bridgehead atoms. The van der Waals surface area contributed by atoms with Crippen molar-refractivity contribution in [3.63, 3.8) is 0 Å². The summed E-state index contributed by atoms with van der Waals surface area (Å²) >= 11 is 7.84. The van der Waals surface area contributed by atoms with Gasteiger partial charge in [0.25, 0.3) is 0 Å². The molecule has 114 valence electrons. The summed E-state index contributed by atoms with van der Waals surface area (Å²) in [6, 6.07) is 18.0. The average Bonchev–Trinajstić information content (AvgIpc) is 3.15. The number of allylic oxidation sites excluding steroid dienone is 1.